The van der Waals surface area contributed by atoms with Crippen molar-refractivity contribution in [1.29, 1.82) is 0 Å². The lowest BCUT2D eigenvalue weighted by atomic mass is 10.1. The van der Waals surface area contributed by atoms with Crippen LogP contribution in [0.15, 0.2) is 89.0 Å². The van der Waals surface area contributed by atoms with Crippen molar-refractivity contribution in [2.75, 3.05) is 12.5 Å². The number of hydrogen-bond donors (Lipinski definition) is 1. The molecule has 0 bridgehead atoms. The van der Waals surface area contributed by atoms with E-state index >= 15 is 0 Å². The Kier molecular flexibility index (Phi) is 8.04. The van der Waals surface area contributed by atoms with Gasteiger partial charge in [-0.3, -0.25) is 0 Å². The van der Waals surface area contributed by atoms with Crippen LogP contribution in [0.4, 0.5) is 0 Å². The van der Waals surface area contributed by atoms with Gasteiger partial charge in [0, 0.05) is 18.0 Å². The van der Waals surface area contributed by atoms with Crippen LogP contribution in [-0.4, -0.2) is 45.8 Å². The highest BCUT2D eigenvalue weighted by molar-refractivity contribution is 7.98. The SMILES string of the molecule is CSc1nccc(-c2nc(-c3c(Cl)cc(S(C)(=O)=O)cc3Cl)n(O)c2-c2cccc(OCc3ccccc3)c2)n1. The van der Waals surface area contributed by atoms with Crippen molar-refractivity contribution >= 4 is 44.8 Å². The van der Waals surface area contributed by atoms with Gasteiger partial charge in [0.2, 0.25) is 0 Å². The summed E-state index contributed by atoms with van der Waals surface area (Å²) in [4.78, 5) is 13.5. The zero-order chi connectivity index (χ0) is 28.4. The van der Waals surface area contributed by atoms with Crippen molar-refractivity contribution in [2.24, 2.45) is 0 Å². The Bertz CT molecular complexity index is 1790. The second-order valence-corrected chi connectivity index (χ2v) is 12.3. The zero-order valence-corrected chi connectivity index (χ0v) is 24.4. The molecule has 5 aromatic rings. The molecule has 0 saturated carbocycles. The molecule has 12 heteroatoms. The highest BCUT2D eigenvalue weighted by Crippen LogP contribution is 2.41. The third kappa shape index (κ3) is 5.80. The van der Waals surface area contributed by atoms with Crippen LogP contribution < -0.4 is 4.74 Å². The van der Waals surface area contributed by atoms with Gasteiger partial charge in [0.1, 0.15) is 23.7 Å². The molecule has 204 valence electrons. The van der Waals surface area contributed by atoms with E-state index in [0.29, 0.717) is 40.2 Å². The first kappa shape index (κ1) is 28.0. The first-order valence-corrected chi connectivity index (χ1v) is 15.7. The molecule has 0 atom stereocenters. The summed E-state index contributed by atoms with van der Waals surface area (Å²) in [7, 11) is -3.58. The summed E-state index contributed by atoms with van der Waals surface area (Å²) in [5.41, 5.74) is 2.88. The quantitative estimate of drug-likeness (QED) is 0.114. The van der Waals surface area contributed by atoms with Crippen molar-refractivity contribution in [1.82, 2.24) is 19.7 Å². The Morgan fingerprint density at radius 1 is 0.975 bits per heavy atom. The molecular weight excluding hydrogens is 591 g/mol. The smallest absolute Gasteiger partial charge is 0.187 e. The molecule has 0 amide bonds. The second kappa shape index (κ2) is 11.5. The summed E-state index contributed by atoms with van der Waals surface area (Å²) in [6.07, 6.45) is 4.52. The van der Waals surface area contributed by atoms with Crippen LogP contribution in [0.5, 0.6) is 5.75 Å². The standard InChI is InChI=1S/C28H22Cl2N4O4S2/c1-39-28-31-12-11-23(32-28)25-26(18-9-6-10-19(13-18)38-16-17-7-4-3-5-8-17)34(35)27(33-25)24-21(29)14-20(15-22(24)30)40(2,36)37/h3-15,35H,16H2,1-2H3. The minimum atomic E-state index is -3.58. The van der Waals surface area contributed by atoms with Gasteiger partial charge in [-0.1, -0.05) is 77.4 Å². The highest BCUT2D eigenvalue weighted by atomic mass is 35.5. The molecule has 0 fully saturated rings. The number of halogens is 2. The molecule has 5 rings (SSSR count). The third-order valence-electron chi connectivity index (χ3n) is 5.94. The Morgan fingerprint density at radius 3 is 2.38 bits per heavy atom. The maximum absolute atomic E-state index is 12.1. The maximum atomic E-state index is 12.1. The fourth-order valence-electron chi connectivity index (χ4n) is 4.03. The number of thioether (sulfide) groups is 1. The van der Waals surface area contributed by atoms with Crippen molar-refractivity contribution in [2.45, 2.75) is 16.7 Å². The Hall–Kier alpha value is -3.57. The Balaban J connectivity index is 1.66. The Morgan fingerprint density at radius 2 is 1.70 bits per heavy atom. The number of rotatable bonds is 8. The van der Waals surface area contributed by atoms with Gasteiger partial charge in [0.05, 0.1) is 26.2 Å². The maximum Gasteiger partial charge on any atom is 0.187 e. The van der Waals surface area contributed by atoms with Gasteiger partial charge in [-0.15, -0.1) is 0 Å². The van der Waals surface area contributed by atoms with E-state index in [1.807, 2.05) is 42.7 Å². The van der Waals surface area contributed by atoms with Gasteiger partial charge in [-0.25, -0.2) is 23.4 Å². The minimum Gasteiger partial charge on any atom is -0.489 e. The van der Waals surface area contributed by atoms with E-state index in [1.54, 1.807) is 30.5 Å². The average molecular weight is 614 g/mol. The van der Waals surface area contributed by atoms with Crippen molar-refractivity contribution in [3.8, 4) is 39.8 Å². The third-order valence-corrected chi connectivity index (χ3v) is 8.19. The van der Waals surface area contributed by atoms with Gasteiger partial charge in [0.15, 0.2) is 20.8 Å². The first-order valence-electron chi connectivity index (χ1n) is 11.8. The molecule has 0 aliphatic heterocycles. The van der Waals surface area contributed by atoms with E-state index in [1.165, 1.54) is 23.9 Å². The lowest BCUT2D eigenvalue weighted by Crippen LogP contribution is -2.01. The topological polar surface area (TPSA) is 107 Å². The predicted molar refractivity (Wildman–Crippen MR) is 157 cm³/mol. The number of benzene rings is 3. The highest BCUT2D eigenvalue weighted by Gasteiger charge is 2.26. The molecule has 0 aliphatic carbocycles. The Labute approximate surface area is 245 Å². The molecule has 2 heterocycles. The predicted octanol–water partition coefficient (Wildman–Crippen LogP) is 6.92. The normalized spacial score (nSPS) is 11.5. The molecule has 0 spiro atoms. The molecule has 8 nitrogen and oxygen atoms in total. The van der Waals surface area contributed by atoms with Crippen LogP contribution in [0.3, 0.4) is 0 Å². The zero-order valence-electron chi connectivity index (χ0n) is 21.2. The summed E-state index contributed by atoms with van der Waals surface area (Å²) in [6.45, 7) is 0.363. The van der Waals surface area contributed by atoms with E-state index in [2.05, 4.69) is 9.97 Å². The number of nitrogens with zero attached hydrogens (tertiary/aromatic N) is 4. The summed E-state index contributed by atoms with van der Waals surface area (Å²) in [5.74, 6) is 0.594. The number of hydrogen-bond acceptors (Lipinski definition) is 8. The number of imidazole rings is 1. The second-order valence-electron chi connectivity index (χ2n) is 8.71. The van der Waals surface area contributed by atoms with Crippen molar-refractivity contribution < 1.29 is 18.4 Å². The van der Waals surface area contributed by atoms with E-state index in [4.69, 9.17) is 32.9 Å². The van der Waals surface area contributed by atoms with Crippen LogP contribution in [0.1, 0.15) is 5.56 Å². The number of aromatic nitrogens is 4. The van der Waals surface area contributed by atoms with Crippen LogP contribution in [0, 0.1) is 0 Å². The van der Waals surface area contributed by atoms with Gasteiger partial charge in [0.25, 0.3) is 0 Å². The van der Waals surface area contributed by atoms with Crippen LogP contribution in [0.2, 0.25) is 10.0 Å². The molecule has 0 radical (unpaired) electrons. The summed E-state index contributed by atoms with van der Waals surface area (Å²) in [5, 5.41) is 12.1. The fourth-order valence-corrected chi connectivity index (χ4v) is 5.84. The van der Waals surface area contributed by atoms with Crippen LogP contribution in [0.25, 0.3) is 34.0 Å². The first-order chi connectivity index (χ1) is 19.2. The molecule has 2 aromatic heterocycles. The van der Waals surface area contributed by atoms with Gasteiger partial charge in [-0.2, -0.15) is 4.73 Å². The van der Waals surface area contributed by atoms with Crippen LogP contribution >= 0.6 is 35.0 Å². The fraction of sp³-hybridized carbons (Fsp3) is 0.107. The largest absolute Gasteiger partial charge is 0.489 e. The van der Waals surface area contributed by atoms with E-state index in [9.17, 15) is 13.6 Å². The van der Waals surface area contributed by atoms with E-state index in [0.717, 1.165) is 16.5 Å². The van der Waals surface area contributed by atoms with Crippen molar-refractivity contribution in [3.05, 3.63) is 94.6 Å². The lowest BCUT2D eigenvalue weighted by molar-refractivity contribution is 0.195. The van der Waals surface area contributed by atoms with Gasteiger partial charge >= 0.3 is 0 Å². The van der Waals surface area contributed by atoms with E-state index in [-0.39, 0.29) is 26.3 Å². The average Bonchev–Trinajstić information content (AvgIpc) is 3.28. The minimum absolute atomic E-state index is 0.0127. The lowest BCUT2D eigenvalue weighted by Gasteiger charge is -2.11. The molecule has 0 unspecified atom stereocenters. The molecule has 0 saturated heterocycles. The summed E-state index contributed by atoms with van der Waals surface area (Å²) >= 11 is 14.4. The number of ether oxygens (including phenoxy) is 1. The molecule has 3 aromatic carbocycles. The molecule has 0 aliphatic rings. The number of sulfone groups is 1. The molecule has 40 heavy (non-hydrogen) atoms. The van der Waals surface area contributed by atoms with Crippen molar-refractivity contribution in [3.63, 3.8) is 0 Å². The van der Waals surface area contributed by atoms with Crippen LogP contribution in [-0.2, 0) is 16.4 Å². The van der Waals surface area contributed by atoms with Gasteiger partial charge < -0.3 is 9.94 Å². The molecular formula is C28H22Cl2N4O4S2. The van der Waals surface area contributed by atoms with E-state index < -0.39 is 9.84 Å². The van der Waals surface area contributed by atoms with Gasteiger partial charge in [-0.05, 0) is 42.2 Å². The summed E-state index contributed by atoms with van der Waals surface area (Å²) < 4.78 is 31.1. The summed E-state index contributed by atoms with van der Waals surface area (Å²) in [6, 6.07) is 21.2. The molecule has 1 N–H and O–H groups in total. The monoisotopic (exact) mass is 612 g/mol.